The molecule has 106 valence electrons. The maximum absolute atomic E-state index is 5.97. The molecule has 0 amide bonds. The molecule has 1 aliphatic carbocycles. The molecule has 1 fully saturated rings. The lowest BCUT2D eigenvalue weighted by Crippen LogP contribution is -2.46. The average Bonchev–Trinajstić information content (AvgIpc) is 2.32. The van der Waals surface area contributed by atoms with Crippen molar-refractivity contribution in [1.29, 1.82) is 0 Å². The Kier molecular flexibility index (Phi) is 4.04. The third-order valence-electron chi connectivity index (χ3n) is 4.43. The molecule has 0 aliphatic heterocycles. The molecule has 1 aromatic rings. The summed E-state index contributed by atoms with van der Waals surface area (Å²) >= 11 is 0. The van der Waals surface area contributed by atoms with Crippen LogP contribution in [0, 0.1) is 19.3 Å². The molecule has 1 aliphatic rings. The largest absolute Gasteiger partial charge is 0.494 e. The summed E-state index contributed by atoms with van der Waals surface area (Å²) in [6, 6.07) is 4.37. The summed E-state index contributed by atoms with van der Waals surface area (Å²) in [4.78, 5) is 2.31. The number of nitrogens with zero attached hydrogens (tertiary/aromatic N) is 1. The Hall–Kier alpha value is -1.22. The number of rotatable bonds is 5. The van der Waals surface area contributed by atoms with Crippen LogP contribution in [-0.4, -0.2) is 27.2 Å². The van der Waals surface area contributed by atoms with Crippen LogP contribution in [0.5, 0.6) is 5.75 Å². The second kappa shape index (κ2) is 5.41. The monoisotopic (exact) mass is 262 g/mol. The van der Waals surface area contributed by atoms with Crippen molar-refractivity contribution in [3.05, 3.63) is 23.3 Å². The van der Waals surface area contributed by atoms with E-state index in [1.807, 2.05) is 0 Å². The van der Waals surface area contributed by atoms with Crippen LogP contribution in [0.1, 0.15) is 30.4 Å². The second-order valence-corrected chi connectivity index (χ2v) is 6.05. The first-order valence-electron chi connectivity index (χ1n) is 7.08. The number of methoxy groups -OCH3 is 1. The van der Waals surface area contributed by atoms with Gasteiger partial charge in [-0.25, -0.2) is 0 Å². The van der Waals surface area contributed by atoms with Crippen molar-refractivity contribution in [2.75, 3.05) is 32.1 Å². The zero-order valence-corrected chi connectivity index (χ0v) is 12.6. The van der Waals surface area contributed by atoms with Crippen molar-refractivity contribution < 1.29 is 4.74 Å². The first-order valence-corrected chi connectivity index (χ1v) is 7.08. The molecule has 2 rings (SSSR count). The summed E-state index contributed by atoms with van der Waals surface area (Å²) in [5, 5.41) is 0. The van der Waals surface area contributed by atoms with Gasteiger partial charge < -0.3 is 15.4 Å². The summed E-state index contributed by atoms with van der Waals surface area (Å²) in [6.07, 6.45) is 3.82. The number of aryl methyl sites for hydroxylation is 2. The van der Waals surface area contributed by atoms with E-state index in [1.54, 1.807) is 7.11 Å². The molecule has 19 heavy (non-hydrogen) atoms. The molecule has 2 N–H and O–H groups in total. The molecule has 0 aromatic heterocycles. The third kappa shape index (κ3) is 2.71. The van der Waals surface area contributed by atoms with Crippen LogP contribution in [0.3, 0.4) is 0 Å². The van der Waals surface area contributed by atoms with Gasteiger partial charge in [-0.15, -0.1) is 0 Å². The van der Waals surface area contributed by atoms with Crippen molar-refractivity contribution in [3.63, 3.8) is 0 Å². The molecular weight excluding hydrogens is 236 g/mol. The number of ether oxygens (including phenoxy) is 1. The van der Waals surface area contributed by atoms with Crippen LogP contribution in [0.15, 0.2) is 12.1 Å². The van der Waals surface area contributed by atoms with Crippen molar-refractivity contribution >= 4 is 5.69 Å². The fraction of sp³-hybridized carbons (Fsp3) is 0.625. The van der Waals surface area contributed by atoms with Gasteiger partial charge >= 0.3 is 0 Å². The Morgan fingerprint density at radius 2 is 2.00 bits per heavy atom. The molecule has 0 radical (unpaired) electrons. The molecule has 0 heterocycles. The van der Waals surface area contributed by atoms with Gasteiger partial charge in [0.15, 0.2) is 0 Å². The number of hydrogen-bond acceptors (Lipinski definition) is 3. The van der Waals surface area contributed by atoms with Crippen molar-refractivity contribution in [2.45, 2.75) is 33.1 Å². The van der Waals surface area contributed by atoms with Gasteiger partial charge in [0.1, 0.15) is 5.75 Å². The van der Waals surface area contributed by atoms with Crippen LogP contribution < -0.4 is 15.4 Å². The molecule has 3 nitrogen and oxygen atoms in total. The fourth-order valence-electron chi connectivity index (χ4n) is 3.17. The molecular formula is C16H26N2O. The minimum atomic E-state index is 0.317. The Balaban J connectivity index is 2.25. The lowest BCUT2D eigenvalue weighted by Gasteiger charge is -2.44. The highest BCUT2D eigenvalue weighted by Crippen LogP contribution is 2.42. The Morgan fingerprint density at radius 1 is 1.32 bits per heavy atom. The summed E-state index contributed by atoms with van der Waals surface area (Å²) in [7, 11) is 3.89. The SMILES string of the molecule is COc1c(C)cc(C)cc1N(C)CC1(CN)CCC1. The van der Waals surface area contributed by atoms with Crippen molar-refractivity contribution in [2.24, 2.45) is 11.1 Å². The first kappa shape index (κ1) is 14.2. The van der Waals surface area contributed by atoms with Gasteiger partial charge in [0.05, 0.1) is 12.8 Å². The van der Waals surface area contributed by atoms with Crippen molar-refractivity contribution in [3.8, 4) is 5.75 Å². The maximum atomic E-state index is 5.97. The molecule has 0 atom stereocenters. The topological polar surface area (TPSA) is 38.5 Å². The first-order chi connectivity index (χ1) is 9.01. The maximum Gasteiger partial charge on any atom is 0.145 e. The lowest BCUT2D eigenvalue weighted by molar-refractivity contribution is 0.154. The van der Waals surface area contributed by atoms with Gasteiger partial charge in [-0.1, -0.05) is 12.5 Å². The normalized spacial score (nSPS) is 16.9. The predicted octanol–water partition coefficient (Wildman–Crippen LogP) is 2.88. The van der Waals surface area contributed by atoms with E-state index in [0.717, 1.165) is 18.8 Å². The van der Waals surface area contributed by atoms with Crippen LogP contribution in [0.2, 0.25) is 0 Å². The minimum Gasteiger partial charge on any atom is -0.494 e. The molecule has 0 bridgehead atoms. The number of nitrogens with two attached hydrogens (primary N) is 1. The molecule has 0 spiro atoms. The summed E-state index contributed by atoms with van der Waals surface area (Å²) in [5.41, 5.74) is 9.93. The quantitative estimate of drug-likeness (QED) is 0.886. The number of anilines is 1. The summed E-state index contributed by atoms with van der Waals surface area (Å²) in [6.45, 7) is 6.03. The second-order valence-electron chi connectivity index (χ2n) is 6.05. The van der Waals surface area contributed by atoms with E-state index in [4.69, 9.17) is 10.5 Å². The standard InChI is InChI=1S/C16H26N2O/c1-12-8-13(2)15(19-4)14(9-12)18(3)11-16(10-17)6-5-7-16/h8-9H,5-7,10-11,17H2,1-4H3. The van der Waals surface area contributed by atoms with Gasteiger partial charge in [0.2, 0.25) is 0 Å². The predicted molar refractivity (Wildman–Crippen MR) is 81.1 cm³/mol. The van der Waals surface area contributed by atoms with E-state index >= 15 is 0 Å². The fourth-order valence-corrected chi connectivity index (χ4v) is 3.17. The molecule has 1 saturated carbocycles. The summed E-state index contributed by atoms with van der Waals surface area (Å²) in [5.74, 6) is 0.986. The molecule has 1 aromatic carbocycles. The van der Waals surface area contributed by atoms with E-state index in [0.29, 0.717) is 5.41 Å². The van der Waals surface area contributed by atoms with E-state index < -0.39 is 0 Å². The average molecular weight is 262 g/mol. The molecule has 3 heteroatoms. The van der Waals surface area contributed by atoms with Gasteiger partial charge in [-0.3, -0.25) is 0 Å². The van der Waals surface area contributed by atoms with Gasteiger partial charge in [0, 0.05) is 19.0 Å². The highest BCUT2D eigenvalue weighted by molar-refractivity contribution is 5.63. The minimum absolute atomic E-state index is 0.317. The highest BCUT2D eigenvalue weighted by atomic mass is 16.5. The Morgan fingerprint density at radius 3 is 2.47 bits per heavy atom. The zero-order chi connectivity index (χ0) is 14.0. The van der Waals surface area contributed by atoms with E-state index in [-0.39, 0.29) is 0 Å². The Labute approximate surface area is 116 Å². The lowest BCUT2D eigenvalue weighted by atomic mass is 9.68. The highest BCUT2D eigenvalue weighted by Gasteiger charge is 2.37. The third-order valence-corrected chi connectivity index (χ3v) is 4.43. The van der Waals surface area contributed by atoms with Crippen LogP contribution >= 0.6 is 0 Å². The summed E-state index contributed by atoms with van der Waals surface area (Å²) < 4.78 is 5.58. The van der Waals surface area contributed by atoms with Crippen LogP contribution in [-0.2, 0) is 0 Å². The van der Waals surface area contributed by atoms with Gasteiger partial charge in [-0.05, 0) is 50.4 Å². The van der Waals surface area contributed by atoms with Crippen LogP contribution in [0.25, 0.3) is 0 Å². The van der Waals surface area contributed by atoms with E-state index in [9.17, 15) is 0 Å². The van der Waals surface area contributed by atoms with E-state index in [2.05, 4.69) is 37.9 Å². The van der Waals surface area contributed by atoms with Crippen molar-refractivity contribution in [1.82, 2.24) is 0 Å². The Bertz CT molecular complexity index is 447. The van der Waals surface area contributed by atoms with Gasteiger partial charge in [0.25, 0.3) is 0 Å². The molecule has 0 saturated heterocycles. The smallest absolute Gasteiger partial charge is 0.145 e. The zero-order valence-electron chi connectivity index (χ0n) is 12.6. The van der Waals surface area contributed by atoms with Gasteiger partial charge in [-0.2, -0.15) is 0 Å². The molecule has 0 unspecified atom stereocenters. The number of benzene rings is 1. The van der Waals surface area contributed by atoms with E-state index in [1.165, 1.54) is 36.1 Å². The number of hydrogen-bond donors (Lipinski definition) is 1. The van der Waals surface area contributed by atoms with Crippen LogP contribution in [0.4, 0.5) is 5.69 Å².